The Labute approximate surface area is 194 Å². The van der Waals surface area contributed by atoms with Gasteiger partial charge in [0.05, 0.1) is 26.3 Å². The number of rotatable bonds is 6. The molecule has 1 aliphatic rings. The second-order valence-corrected chi connectivity index (χ2v) is 7.20. The number of halogens is 4. The molecule has 0 unspecified atom stereocenters. The third-order valence-corrected chi connectivity index (χ3v) is 5.03. The molecule has 12 heteroatoms. The highest BCUT2D eigenvalue weighted by Crippen LogP contribution is 2.29. The predicted octanol–water partition coefficient (Wildman–Crippen LogP) is 3.27. The summed E-state index contributed by atoms with van der Waals surface area (Å²) in [5.74, 6) is 1.39. The lowest BCUT2D eigenvalue weighted by Gasteiger charge is -2.29. The highest BCUT2D eigenvalue weighted by Gasteiger charge is 2.33. The van der Waals surface area contributed by atoms with Crippen molar-refractivity contribution in [1.29, 1.82) is 0 Å². The minimum Gasteiger partial charge on any atom is -0.378 e. The van der Waals surface area contributed by atoms with Gasteiger partial charge in [-0.3, -0.25) is 0 Å². The van der Waals surface area contributed by atoms with Crippen LogP contribution in [0.4, 0.5) is 19.0 Å². The summed E-state index contributed by atoms with van der Waals surface area (Å²) in [6.45, 7) is 5.98. The smallest absolute Gasteiger partial charge is 0.378 e. The minimum absolute atomic E-state index is 0. The topological polar surface area (TPSA) is 74.7 Å². The number of nitrogens with zero attached hydrogens (tertiary/aromatic N) is 4. The Morgan fingerprint density at radius 1 is 1.30 bits per heavy atom. The summed E-state index contributed by atoms with van der Waals surface area (Å²) < 4.78 is 43.5. The molecule has 3 heterocycles. The van der Waals surface area contributed by atoms with Gasteiger partial charge in [-0.2, -0.15) is 13.2 Å². The predicted molar refractivity (Wildman–Crippen MR) is 121 cm³/mol. The number of pyridine rings is 1. The monoisotopic (exact) mass is 556 g/mol. The Morgan fingerprint density at radius 3 is 2.73 bits per heavy atom. The van der Waals surface area contributed by atoms with Crippen molar-refractivity contribution >= 4 is 47.1 Å². The second kappa shape index (κ2) is 11.6. The van der Waals surface area contributed by atoms with E-state index in [1.54, 1.807) is 6.20 Å². The van der Waals surface area contributed by atoms with Crippen LogP contribution in [-0.2, 0) is 24.0 Å². The fourth-order valence-corrected chi connectivity index (χ4v) is 3.54. The Balaban J connectivity index is 0.00000320. The fraction of sp³-hybridized carbons (Fsp3) is 0.500. The van der Waals surface area contributed by atoms with Crippen LogP contribution in [0.2, 0.25) is 0 Å². The van der Waals surface area contributed by atoms with Crippen LogP contribution in [0.15, 0.2) is 28.7 Å². The normalized spacial score (nSPS) is 14.9. The lowest BCUT2D eigenvalue weighted by molar-refractivity contribution is -0.140. The molecule has 166 valence electrons. The van der Waals surface area contributed by atoms with E-state index in [2.05, 4.69) is 30.5 Å². The van der Waals surface area contributed by atoms with Crippen molar-refractivity contribution < 1.29 is 17.9 Å². The molecular weight excluding hydrogens is 532 g/mol. The summed E-state index contributed by atoms with van der Waals surface area (Å²) in [7, 11) is 0. The molecule has 3 rings (SSSR count). The zero-order valence-corrected chi connectivity index (χ0v) is 19.6. The summed E-state index contributed by atoms with van der Waals surface area (Å²) in [6, 6.07) is 3.84. The number of aliphatic imine (C=N–C) groups is 1. The van der Waals surface area contributed by atoms with E-state index in [1.807, 2.05) is 19.1 Å². The molecule has 0 aromatic carbocycles. The SMILES string of the molecule is CCNC(=NCc1cccnc1N1CCOCC1)NCc1nc(C(F)(F)F)cs1.I. The number of thiazole rings is 1. The van der Waals surface area contributed by atoms with Gasteiger partial charge in [-0.1, -0.05) is 6.07 Å². The minimum atomic E-state index is -4.43. The van der Waals surface area contributed by atoms with Crippen LogP contribution in [0.25, 0.3) is 0 Å². The van der Waals surface area contributed by atoms with Crippen LogP contribution in [0.3, 0.4) is 0 Å². The van der Waals surface area contributed by atoms with Crippen molar-refractivity contribution in [2.75, 3.05) is 37.7 Å². The number of ether oxygens (including phenoxy) is 1. The molecule has 0 saturated carbocycles. The van der Waals surface area contributed by atoms with Gasteiger partial charge in [0.2, 0.25) is 0 Å². The average Bonchev–Trinajstić information content (AvgIpc) is 3.21. The molecule has 7 nitrogen and oxygen atoms in total. The molecule has 30 heavy (non-hydrogen) atoms. The molecule has 0 bridgehead atoms. The fourth-order valence-electron chi connectivity index (χ4n) is 2.80. The van der Waals surface area contributed by atoms with E-state index >= 15 is 0 Å². The third-order valence-electron chi connectivity index (χ3n) is 4.18. The van der Waals surface area contributed by atoms with Gasteiger partial charge in [0, 0.05) is 36.8 Å². The van der Waals surface area contributed by atoms with Gasteiger partial charge in [-0.25, -0.2) is 15.0 Å². The Kier molecular flexibility index (Phi) is 9.55. The molecular formula is C18H24F3IN6OS. The maximum Gasteiger partial charge on any atom is 0.434 e. The molecule has 1 fully saturated rings. The van der Waals surface area contributed by atoms with Crippen molar-refractivity contribution in [2.45, 2.75) is 26.2 Å². The van der Waals surface area contributed by atoms with E-state index in [0.29, 0.717) is 37.3 Å². The van der Waals surface area contributed by atoms with Crippen LogP contribution < -0.4 is 15.5 Å². The molecule has 2 aromatic heterocycles. The number of anilines is 1. The molecule has 0 spiro atoms. The molecule has 1 saturated heterocycles. The highest BCUT2D eigenvalue weighted by atomic mass is 127. The lowest BCUT2D eigenvalue weighted by atomic mass is 10.2. The van der Waals surface area contributed by atoms with Gasteiger partial charge in [0.1, 0.15) is 10.8 Å². The van der Waals surface area contributed by atoms with Crippen LogP contribution in [-0.4, -0.2) is 48.8 Å². The number of morpholine rings is 1. The van der Waals surface area contributed by atoms with Crippen LogP contribution in [0, 0.1) is 0 Å². The first kappa shape index (κ1) is 24.6. The van der Waals surface area contributed by atoms with Crippen molar-refractivity contribution in [3.63, 3.8) is 0 Å². The van der Waals surface area contributed by atoms with Crippen LogP contribution in [0.1, 0.15) is 23.2 Å². The molecule has 0 amide bonds. The summed E-state index contributed by atoms with van der Waals surface area (Å²) in [4.78, 5) is 14.8. The zero-order valence-electron chi connectivity index (χ0n) is 16.4. The summed E-state index contributed by atoms with van der Waals surface area (Å²) in [5, 5.41) is 7.50. The first-order valence-corrected chi connectivity index (χ1v) is 10.2. The summed E-state index contributed by atoms with van der Waals surface area (Å²) in [5.41, 5.74) is 0.104. The van der Waals surface area contributed by atoms with Crippen molar-refractivity contribution in [3.05, 3.63) is 40.0 Å². The number of guanidine groups is 1. The van der Waals surface area contributed by atoms with Gasteiger partial charge in [-0.05, 0) is 13.0 Å². The van der Waals surface area contributed by atoms with E-state index in [4.69, 9.17) is 4.74 Å². The number of nitrogens with one attached hydrogen (secondary N) is 2. The molecule has 2 aromatic rings. The number of hydrogen-bond donors (Lipinski definition) is 2. The first-order chi connectivity index (χ1) is 14.0. The maximum atomic E-state index is 12.7. The van der Waals surface area contributed by atoms with E-state index < -0.39 is 11.9 Å². The van der Waals surface area contributed by atoms with E-state index in [1.165, 1.54) is 0 Å². The van der Waals surface area contributed by atoms with E-state index in [0.717, 1.165) is 41.2 Å². The zero-order chi connectivity index (χ0) is 20.7. The Hall–Kier alpha value is -1.67. The van der Waals surface area contributed by atoms with Gasteiger partial charge >= 0.3 is 6.18 Å². The quantitative estimate of drug-likeness (QED) is 0.324. The molecule has 1 aliphatic heterocycles. The lowest BCUT2D eigenvalue weighted by Crippen LogP contribution is -2.38. The molecule has 0 aliphatic carbocycles. The Bertz CT molecular complexity index is 826. The third kappa shape index (κ3) is 6.94. The van der Waals surface area contributed by atoms with Crippen molar-refractivity contribution in [2.24, 2.45) is 4.99 Å². The molecule has 2 N–H and O–H groups in total. The molecule has 0 radical (unpaired) electrons. The second-order valence-electron chi connectivity index (χ2n) is 6.26. The number of aromatic nitrogens is 2. The first-order valence-electron chi connectivity index (χ1n) is 9.27. The van der Waals surface area contributed by atoms with Gasteiger partial charge < -0.3 is 20.3 Å². The Morgan fingerprint density at radius 2 is 2.07 bits per heavy atom. The molecule has 0 atom stereocenters. The van der Waals surface area contributed by atoms with Gasteiger partial charge in [-0.15, -0.1) is 35.3 Å². The maximum absolute atomic E-state index is 12.7. The van der Waals surface area contributed by atoms with Crippen molar-refractivity contribution in [1.82, 2.24) is 20.6 Å². The number of hydrogen-bond acceptors (Lipinski definition) is 6. The van der Waals surface area contributed by atoms with Crippen LogP contribution in [0.5, 0.6) is 0 Å². The number of alkyl halides is 3. The van der Waals surface area contributed by atoms with Gasteiger partial charge in [0.15, 0.2) is 11.7 Å². The van der Waals surface area contributed by atoms with E-state index in [-0.39, 0.29) is 30.5 Å². The highest BCUT2D eigenvalue weighted by molar-refractivity contribution is 14.0. The average molecular weight is 556 g/mol. The standard InChI is InChI=1S/C18H23F3N6OS.HI/c1-2-22-17(25-11-15-26-14(12-29-15)18(19,20)21)24-10-13-4-3-5-23-16(13)27-6-8-28-9-7-27;/h3-5,12H,2,6-11H2,1H3,(H2,22,24,25);1H. The summed E-state index contributed by atoms with van der Waals surface area (Å²) >= 11 is 0.967. The largest absolute Gasteiger partial charge is 0.434 e. The van der Waals surface area contributed by atoms with Gasteiger partial charge in [0.25, 0.3) is 0 Å². The van der Waals surface area contributed by atoms with Crippen LogP contribution >= 0.6 is 35.3 Å². The van der Waals surface area contributed by atoms with Crippen molar-refractivity contribution in [3.8, 4) is 0 Å². The van der Waals surface area contributed by atoms with E-state index in [9.17, 15) is 13.2 Å². The summed E-state index contributed by atoms with van der Waals surface area (Å²) in [6.07, 6.45) is -2.67.